The molecule has 0 radical (unpaired) electrons. The number of nitro groups is 1. The van der Waals surface area contributed by atoms with E-state index in [1.165, 1.54) is 0 Å². The van der Waals surface area contributed by atoms with Crippen molar-refractivity contribution in [2.75, 3.05) is 0 Å². The van der Waals surface area contributed by atoms with E-state index in [4.69, 9.17) is 5.73 Å². The summed E-state index contributed by atoms with van der Waals surface area (Å²) in [7, 11) is 0. The Hall–Kier alpha value is -1.42. The third-order valence-electron chi connectivity index (χ3n) is 2.93. The fourth-order valence-electron chi connectivity index (χ4n) is 1.44. The highest BCUT2D eigenvalue weighted by molar-refractivity contribution is 5.32. The molecule has 0 spiro atoms. The highest BCUT2D eigenvalue weighted by Gasteiger charge is 2.08. The van der Waals surface area contributed by atoms with Crippen LogP contribution in [-0.2, 0) is 6.42 Å². The minimum atomic E-state index is -0.381. The molecule has 0 fully saturated rings. The Morgan fingerprint density at radius 2 is 1.88 bits per heavy atom. The molecule has 0 amide bonds. The van der Waals surface area contributed by atoms with Crippen LogP contribution in [0.3, 0.4) is 0 Å². The van der Waals surface area contributed by atoms with E-state index in [0.29, 0.717) is 5.92 Å². The van der Waals surface area contributed by atoms with Gasteiger partial charge in [0.25, 0.3) is 5.69 Å². The zero-order valence-corrected chi connectivity index (χ0v) is 9.72. The molecule has 1 aromatic rings. The van der Waals surface area contributed by atoms with Crippen LogP contribution in [0.2, 0.25) is 0 Å². The number of hydrogen-bond acceptors (Lipinski definition) is 3. The lowest BCUT2D eigenvalue weighted by atomic mass is 9.96. The maximum Gasteiger partial charge on any atom is 0.269 e. The summed E-state index contributed by atoms with van der Waals surface area (Å²) in [4.78, 5) is 10.1. The SMILES string of the molecule is CC(N)C(C)CCc1ccc([N+](=O)[O-])cc1. The maximum absolute atomic E-state index is 10.5. The van der Waals surface area contributed by atoms with Crippen molar-refractivity contribution in [2.45, 2.75) is 32.7 Å². The summed E-state index contributed by atoms with van der Waals surface area (Å²) >= 11 is 0. The van der Waals surface area contributed by atoms with Crippen LogP contribution >= 0.6 is 0 Å². The molecule has 4 nitrogen and oxygen atoms in total. The summed E-state index contributed by atoms with van der Waals surface area (Å²) in [5, 5.41) is 10.5. The second kappa shape index (κ2) is 5.61. The van der Waals surface area contributed by atoms with Crippen LogP contribution < -0.4 is 5.73 Å². The van der Waals surface area contributed by atoms with Gasteiger partial charge in [-0.1, -0.05) is 19.1 Å². The topological polar surface area (TPSA) is 69.2 Å². The third kappa shape index (κ3) is 3.62. The molecule has 0 aliphatic rings. The molecule has 0 heterocycles. The van der Waals surface area contributed by atoms with Gasteiger partial charge in [0.2, 0.25) is 0 Å². The van der Waals surface area contributed by atoms with Crippen LogP contribution in [0.1, 0.15) is 25.8 Å². The third-order valence-corrected chi connectivity index (χ3v) is 2.93. The lowest BCUT2D eigenvalue weighted by molar-refractivity contribution is -0.384. The van der Waals surface area contributed by atoms with Gasteiger partial charge in [-0.2, -0.15) is 0 Å². The number of hydrogen-bond donors (Lipinski definition) is 1. The van der Waals surface area contributed by atoms with E-state index in [-0.39, 0.29) is 16.7 Å². The van der Waals surface area contributed by atoms with E-state index >= 15 is 0 Å². The van der Waals surface area contributed by atoms with E-state index in [2.05, 4.69) is 6.92 Å². The Morgan fingerprint density at radius 1 is 1.31 bits per heavy atom. The van der Waals surface area contributed by atoms with E-state index in [1.807, 2.05) is 19.1 Å². The zero-order chi connectivity index (χ0) is 12.1. The first kappa shape index (κ1) is 12.6. The summed E-state index contributed by atoms with van der Waals surface area (Å²) in [6, 6.07) is 6.91. The van der Waals surface area contributed by atoms with Crippen molar-refractivity contribution in [1.29, 1.82) is 0 Å². The highest BCUT2D eigenvalue weighted by atomic mass is 16.6. The second-order valence-electron chi connectivity index (χ2n) is 4.30. The zero-order valence-electron chi connectivity index (χ0n) is 9.72. The average molecular weight is 222 g/mol. The van der Waals surface area contributed by atoms with Crippen LogP contribution in [0, 0.1) is 16.0 Å². The molecule has 0 aliphatic carbocycles. The minimum absolute atomic E-state index is 0.143. The first-order valence-corrected chi connectivity index (χ1v) is 5.49. The first-order valence-electron chi connectivity index (χ1n) is 5.49. The van der Waals surface area contributed by atoms with Crippen molar-refractivity contribution < 1.29 is 4.92 Å². The van der Waals surface area contributed by atoms with E-state index < -0.39 is 0 Å². The van der Waals surface area contributed by atoms with Gasteiger partial charge in [-0.15, -0.1) is 0 Å². The molecule has 2 unspecified atom stereocenters. The van der Waals surface area contributed by atoms with Crippen molar-refractivity contribution in [3.8, 4) is 0 Å². The lowest BCUT2D eigenvalue weighted by Gasteiger charge is -2.14. The van der Waals surface area contributed by atoms with Crippen LogP contribution in [0.25, 0.3) is 0 Å². The molecule has 16 heavy (non-hydrogen) atoms. The monoisotopic (exact) mass is 222 g/mol. The van der Waals surface area contributed by atoms with Gasteiger partial charge in [0.15, 0.2) is 0 Å². The number of benzene rings is 1. The smallest absolute Gasteiger partial charge is 0.269 e. The number of nitrogens with two attached hydrogens (primary N) is 1. The fraction of sp³-hybridized carbons (Fsp3) is 0.500. The standard InChI is InChI=1S/C12H18N2O2/c1-9(10(2)13)3-4-11-5-7-12(8-6-11)14(15)16/h5-10H,3-4,13H2,1-2H3. The minimum Gasteiger partial charge on any atom is -0.328 e. The van der Waals surface area contributed by atoms with Gasteiger partial charge < -0.3 is 5.73 Å². The Balaban J connectivity index is 2.53. The van der Waals surface area contributed by atoms with Gasteiger partial charge in [0.1, 0.15) is 0 Å². The van der Waals surface area contributed by atoms with Gasteiger partial charge in [-0.25, -0.2) is 0 Å². The number of non-ortho nitro benzene ring substituents is 1. The summed E-state index contributed by atoms with van der Waals surface area (Å²) < 4.78 is 0. The fourth-order valence-corrected chi connectivity index (χ4v) is 1.44. The molecule has 0 bridgehead atoms. The van der Waals surface area contributed by atoms with Crippen molar-refractivity contribution in [3.05, 3.63) is 39.9 Å². The number of aryl methyl sites for hydroxylation is 1. The summed E-state index contributed by atoms with van der Waals surface area (Å²) in [6.07, 6.45) is 1.93. The van der Waals surface area contributed by atoms with Crippen molar-refractivity contribution in [3.63, 3.8) is 0 Å². The Bertz CT molecular complexity index is 347. The molecule has 0 saturated carbocycles. The quantitative estimate of drug-likeness (QED) is 0.614. The van der Waals surface area contributed by atoms with Gasteiger partial charge in [0, 0.05) is 18.2 Å². The molecule has 88 valence electrons. The second-order valence-corrected chi connectivity index (χ2v) is 4.30. The first-order chi connectivity index (χ1) is 7.50. The number of nitrogens with zero attached hydrogens (tertiary/aromatic N) is 1. The van der Waals surface area contributed by atoms with Crippen LogP contribution in [-0.4, -0.2) is 11.0 Å². The maximum atomic E-state index is 10.5. The Morgan fingerprint density at radius 3 is 2.31 bits per heavy atom. The molecule has 1 rings (SSSR count). The summed E-state index contributed by atoms with van der Waals surface area (Å²) in [5.41, 5.74) is 7.04. The molecule has 4 heteroatoms. The molecule has 0 aromatic heterocycles. The Kier molecular flexibility index (Phi) is 4.43. The van der Waals surface area contributed by atoms with E-state index in [0.717, 1.165) is 18.4 Å². The van der Waals surface area contributed by atoms with Gasteiger partial charge in [-0.3, -0.25) is 10.1 Å². The van der Waals surface area contributed by atoms with Crippen LogP contribution in [0.4, 0.5) is 5.69 Å². The largest absolute Gasteiger partial charge is 0.328 e. The van der Waals surface area contributed by atoms with Crippen molar-refractivity contribution in [1.82, 2.24) is 0 Å². The molecular formula is C12H18N2O2. The van der Waals surface area contributed by atoms with Gasteiger partial charge in [-0.05, 0) is 31.2 Å². The molecule has 1 aromatic carbocycles. The van der Waals surface area contributed by atoms with Gasteiger partial charge in [0.05, 0.1) is 4.92 Å². The molecule has 2 atom stereocenters. The summed E-state index contributed by atoms with van der Waals surface area (Å²) in [6.45, 7) is 4.12. The lowest BCUT2D eigenvalue weighted by Crippen LogP contribution is -2.24. The van der Waals surface area contributed by atoms with Crippen molar-refractivity contribution in [2.24, 2.45) is 11.7 Å². The molecule has 0 saturated heterocycles. The van der Waals surface area contributed by atoms with E-state index in [1.54, 1.807) is 12.1 Å². The Labute approximate surface area is 95.6 Å². The number of rotatable bonds is 5. The van der Waals surface area contributed by atoms with Gasteiger partial charge >= 0.3 is 0 Å². The molecular weight excluding hydrogens is 204 g/mol. The summed E-state index contributed by atoms with van der Waals surface area (Å²) in [5.74, 6) is 0.468. The van der Waals surface area contributed by atoms with E-state index in [9.17, 15) is 10.1 Å². The predicted molar refractivity (Wildman–Crippen MR) is 64.2 cm³/mol. The molecule has 0 aliphatic heterocycles. The van der Waals surface area contributed by atoms with Crippen LogP contribution in [0.15, 0.2) is 24.3 Å². The van der Waals surface area contributed by atoms with Crippen molar-refractivity contribution >= 4 is 5.69 Å². The number of nitro benzene ring substituents is 1. The average Bonchev–Trinajstić information content (AvgIpc) is 2.26. The highest BCUT2D eigenvalue weighted by Crippen LogP contribution is 2.15. The molecule has 2 N–H and O–H groups in total. The normalized spacial score (nSPS) is 14.4. The predicted octanol–water partition coefficient (Wildman–Crippen LogP) is 2.51. The van der Waals surface area contributed by atoms with Crippen LogP contribution in [0.5, 0.6) is 0 Å².